The van der Waals surface area contributed by atoms with Gasteiger partial charge in [0.05, 0.1) is 24.0 Å². The number of ether oxygens (including phenoxy) is 2. The molecule has 6 heteroatoms. The topological polar surface area (TPSA) is 70.4 Å². The fraction of sp³-hybridized carbons (Fsp3) is 0.0870. The minimum atomic E-state index is -0.696. The molecular formula is C23H18N2O4. The summed E-state index contributed by atoms with van der Waals surface area (Å²) in [5.41, 5.74) is 0.815. The number of rotatable bonds is 5. The van der Waals surface area contributed by atoms with Gasteiger partial charge in [0.1, 0.15) is 11.3 Å². The first-order valence-electron chi connectivity index (χ1n) is 9.18. The molecule has 144 valence electrons. The summed E-state index contributed by atoms with van der Waals surface area (Å²) in [6.45, 7) is 1.85. The third kappa shape index (κ3) is 3.73. The average molecular weight is 386 g/mol. The van der Waals surface area contributed by atoms with Crippen LogP contribution in [0.2, 0.25) is 0 Å². The van der Waals surface area contributed by atoms with Gasteiger partial charge in [-0.2, -0.15) is 0 Å². The van der Waals surface area contributed by atoms with E-state index in [4.69, 9.17) is 9.47 Å². The van der Waals surface area contributed by atoms with Crippen molar-refractivity contribution in [3.63, 3.8) is 0 Å². The van der Waals surface area contributed by atoms with Crippen molar-refractivity contribution in [3.05, 3.63) is 95.0 Å². The largest absolute Gasteiger partial charge is 0.462 e. The Balaban J connectivity index is 1.91. The van der Waals surface area contributed by atoms with E-state index in [0.29, 0.717) is 11.4 Å². The summed E-state index contributed by atoms with van der Waals surface area (Å²) in [6.07, 6.45) is 4.71. The van der Waals surface area contributed by atoms with Crippen molar-refractivity contribution in [3.8, 4) is 17.2 Å². The van der Waals surface area contributed by atoms with Gasteiger partial charge < -0.3 is 14.0 Å². The molecule has 6 nitrogen and oxygen atoms in total. The zero-order valence-corrected chi connectivity index (χ0v) is 15.7. The number of esters is 1. The van der Waals surface area contributed by atoms with Crippen molar-refractivity contribution in [1.82, 2.24) is 9.55 Å². The van der Waals surface area contributed by atoms with Crippen LogP contribution in [-0.2, 0) is 4.74 Å². The number of carbonyl (C=O) groups is 1. The first kappa shape index (κ1) is 18.4. The molecule has 0 unspecified atom stereocenters. The van der Waals surface area contributed by atoms with Crippen molar-refractivity contribution >= 4 is 16.9 Å². The van der Waals surface area contributed by atoms with Gasteiger partial charge in [0.25, 0.3) is 0 Å². The summed E-state index contributed by atoms with van der Waals surface area (Å²) in [6, 6.07) is 18.4. The first-order chi connectivity index (χ1) is 14.2. The Morgan fingerprint density at radius 2 is 1.79 bits per heavy atom. The highest BCUT2D eigenvalue weighted by Crippen LogP contribution is 2.24. The molecule has 0 atom stereocenters. The van der Waals surface area contributed by atoms with Gasteiger partial charge in [-0.1, -0.05) is 36.4 Å². The normalized spacial score (nSPS) is 10.7. The highest BCUT2D eigenvalue weighted by Gasteiger charge is 2.19. The molecule has 0 fully saturated rings. The van der Waals surface area contributed by atoms with Crippen LogP contribution in [0.5, 0.6) is 11.5 Å². The summed E-state index contributed by atoms with van der Waals surface area (Å²) in [5.74, 6) is -0.180. The van der Waals surface area contributed by atoms with E-state index in [1.807, 2.05) is 36.4 Å². The third-order valence-electron chi connectivity index (χ3n) is 4.35. The van der Waals surface area contributed by atoms with Crippen LogP contribution in [0.15, 0.2) is 84.0 Å². The van der Waals surface area contributed by atoms with Gasteiger partial charge in [-0.25, -0.2) is 4.79 Å². The van der Waals surface area contributed by atoms with Crippen LogP contribution in [0, 0.1) is 0 Å². The second-order valence-electron chi connectivity index (χ2n) is 6.26. The summed E-state index contributed by atoms with van der Waals surface area (Å²) < 4.78 is 12.5. The predicted octanol–water partition coefficient (Wildman–Crippen LogP) is 4.35. The number of hydrogen-bond acceptors (Lipinski definition) is 5. The molecule has 2 heterocycles. The molecule has 2 aromatic heterocycles. The van der Waals surface area contributed by atoms with Gasteiger partial charge in [-0.05, 0) is 31.2 Å². The molecule has 0 radical (unpaired) electrons. The van der Waals surface area contributed by atoms with E-state index in [1.54, 1.807) is 48.1 Å². The van der Waals surface area contributed by atoms with Crippen molar-refractivity contribution in [2.24, 2.45) is 0 Å². The highest BCUT2D eigenvalue weighted by atomic mass is 16.5. The molecule has 0 aliphatic rings. The number of carbonyl (C=O) groups excluding carboxylic acids is 1. The van der Waals surface area contributed by atoms with Gasteiger partial charge in [-0.3, -0.25) is 9.78 Å². The van der Waals surface area contributed by atoms with Gasteiger partial charge in [0.15, 0.2) is 5.75 Å². The van der Waals surface area contributed by atoms with Crippen LogP contribution in [0.3, 0.4) is 0 Å². The lowest BCUT2D eigenvalue weighted by Crippen LogP contribution is -2.21. The second kappa shape index (κ2) is 7.98. The summed E-state index contributed by atoms with van der Waals surface area (Å²) in [7, 11) is 0. The van der Waals surface area contributed by atoms with E-state index in [9.17, 15) is 9.59 Å². The van der Waals surface area contributed by atoms with Crippen molar-refractivity contribution in [2.45, 2.75) is 6.92 Å². The molecule has 29 heavy (non-hydrogen) atoms. The fourth-order valence-electron chi connectivity index (χ4n) is 3.03. The molecular weight excluding hydrogens is 368 g/mol. The summed E-state index contributed by atoms with van der Waals surface area (Å²) in [4.78, 5) is 29.7. The minimum Gasteiger partial charge on any atom is -0.462 e. The Hall–Kier alpha value is -3.93. The molecule has 2 aromatic carbocycles. The van der Waals surface area contributed by atoms with Crippen LogP contribution >= 0.6 is 0 Å². The maximum atomic E-state index is 12.9. The smallest absolute Gasteiger partial charge is 0.343 e. The fourth-order valence-corrected chi connectivity index (χ4v) is 3.03. The second-order valence-corrected chi connectivity index (χ2v) is 6.26. The van der Waals surface area contributed by atoms with Crippen LogP contribution < -0.4 is 10.2 Å². The Morgan fingerprint density at radius 3 is 2.59 bits per heavy atom. The molecule has 0 saturated carbocycles. The van der Waals surface area contributed by atoms with E-state index in [1.165, 1.54) is 6.20 Å². The summed E-state index contributed by atoms with van der Waals surface area (Å²) in [5, 5.41) is 0.937. The molecule has 0 N–H and O–H groups in total. The van der Waals surface area contributed by atoms with E-state index in [2.05, 4.69) is 4.98 Å². The number of fused-ring (bicyclic) bond motifs is 1. The molecule has 0 aliphatic heterocycles. The molecule has 0 spiro atoms. The van der Waals surface area contributed by atoms with E-state index in [0.717, 1.165) is 10.9 Å². The van der Waals surface area contributed by atoms with Crippen molar-refractivity contribution < 1.29 is 14.3 Å². The Labute approximate surface area is 167 Å². The quantitative estimate of drug-likeness (QED) is 0.477. The SMILES string of the molecule is CCOC(=O)c1cn(-c2cccc3cccnc23)cc(Oc2ccccc2)c1=O. The van der Waals surface area contributed by atoms with Gasteiger partial charge in [-0.15, -0.1) is 0 Å². The Morgan fingerprint density at radius 1 is 1.00 bits per heavy atom. The molecule has 0 amide bonds. The zero-order chi connectivity index (χ0) is 20.2. The minimum absolute atomic E-state index is 0.0229. The maximum absolute atomic E-state index is 12.9. The van der Waals surface area contributed by atoms with E-state index >= 15 is 0 Å². The lowest BCUT2D eigenvalue weighted by molar-refractivity contribution is 0.0523. The van der Waals surface area contributed by atoms with Crippen LogP contribution in [0.4, 0.5) is 0 Å². The van der Waals surface area contributed by atoms with E-state index in [-0.39, 0.29) is 17.9 Å². The number of para-hydroxylation sites is 2. The summed E-state index contributed by atoms with van der Waals surface area (Å²) >= 11 is 0. The number of pyridine rings is 2. The number of benzene rings is 2. The van der Waals surface area contributed by atoms with Crippen molar-refractivity contribution in [2.75, 3.05) is 6.61 Å². The zero-order valence-electron chi connectivity index (χ0n) is 15.7. The Bertz CT molecular complexity index is 1230. The molecule has 0 aliphatic carbocycles. The van der Waals surface area contributed by atoms with Gasteiger partial charge in [0.2, 0.25) is 5.43 Å². The lowest BCUT2D eigenvalue weighted by atomic mass is 10.1. The van der Waals surface area contributed by atoms with Crippen LogP contribution in [0.1, 0.15) is 17.3 Å². The van der Waals surface area contributed by atoms with Crippen LogP contribution in [0.25, 0.3) is 16.6 Å². The maximum Gasteiger partial charge on any atom is 0.343 e. The van der Waals surface area contributed by atoms with Crippen molar-refractivity contribution in [1.29, 1.82) is 0 Å². The predicted molar refractivity (Wildman–Crippen MR) is 110 cm³/mol. The van der Waals surface area contributed by atoms with Gasteiger partial charge in [0, 0.05) is 17.8 Å². The highest BCUT2D eigenvalue weighted by molar-refractivity contribution is 5.90. The third-order valence-corrected chi connectivity index (χ3v) is 4.35. The standard InChI is InChI=1S/C23H18N2O4/c1-2-28-23(27)18-14-25(19-12-6-8-16-9-7-13-24-21(16)19)15-20(22(18)26)29-17-10-4-3-5-11-17/h3-15H,2H2,1H3. The average Bonchev–Trinajstić information content (AvgIpc) is 2.75. The first-order valence-corrected chi connectivity index (χ1v) is 9.18. The number of hydrogen-bond donors (Lipinski definition) is 0. The van der Waals surface area contributed by atoms with E-state index < -0.39 is 11.4 Å². The molecule has 0 bridgehead atoms. The Kier molecular flexibility index (Phi) is 5.07. The molecule has 4 aromatic rings. The number of aromatic nitrogens is 2. The van der Waals surface area contributed by atoms with Crippen LogP contribution in [-0.4, -0.2) is 22.1 Å². The monoisotopic (exact) mass is 386 g/mol. The lowest BCUT2D eigenvalue weighted by Gasteiger charge is -2.14. The van der Waals surface area contributed by atoms with Gasteiger partial charge >= 0.3 is 5.97 Å². The molecule has 0 saturated heterocycles. The number of nitrogens with zero attached hydrogens (tertiary/aromatic N) is 2. The molecule has 4 rings (SSSR count).